The lowest BCUT2D eigenvalue weighted by Crippen LogP contribution is -2.55. The van der Waals surface area contributed by atoms with Crippen LogP contribution in [0.5, 0.6) is 0 Å². The minimum absolute atomic E-state index is 0.113. The molecule has 0 atom stereocenters. The smallest absolute Gasteiger partial charge is 0.269 e. The normalized spacial score (nSPS) is 16.1. The molecule has 0 aliphatic carbocycles. The van der Waals surface area contributed by atoms with E-state index in [-0.39, 0.29) is 11.4 Å². The van der Waals surface area contributed by atoms with Crippen LogP contribution in [0.15, 0.2) is 42.9 Å². The molecule has 1 aromatic carbocycles. The number of carbonyl (C=O) groups excluding carboxylic acids is 1. The molecule has 2 heterocycles. The average molecular weight is 328 g/mol. The molecular formula is C18H24N4O2. The van der Waals surface area contributed by atoms with Crippen LogP contribution in [0.2, 0.25) is 0 Å². The van der Waals surface area contributed by atoms with Crippen molar-refractivity contribution < 1.29 is 9.53 Å². The number of hydrogen-bond acceptors (Lipinski definition) is 4. The number of rotatable bonds is 5. The summed E-state index contributed by atoms with van der Waals surface area (Å²) >= 11 is 0. The molecule has 0 radical (unpaired) electrons. The van der Waals surface area contributed by atoms with Crippen molar-refractivity contribution in [2.24, 2.45) is 0 Å². The lowest BCUT2D eigenvalue weighted by molar-refractivity contribution is -0.00925. The van der Waals surface area contributed by atoms with Gasteiger partial charge in [-0.05, 0) is 26.0 Å². The summed E-state index contributed by atoms with van der Waals surface area (Å²) in [7, 11) is 0. The van der Waals surface area contributed by atoms with Gasteiger partial charge < -0.3 is 10.1 Å². The second-order valence-corrected chi connectivity index (χ2v) is 6.58. The summed E-state index contributed by atoms with van der Waals surface area (Å²) in [5.41, 5.74) is 1.35. The highest BCUT2D eigenvalue weighted by molar-refractivity contribution is 5.93. The standard InChI is InChI=1S/C18H24N4O2/c1-18(2,21-8-10-24-11-9-21)13-20-17(23)16-12-19-14-22(16)15-6-4-3-5-7-15/h3-7,12,14H,8-11,13H2,1-2H3,(H,20,23). The number of imidazole rings is 1. The molecular weight excluding hydrogens is 304 g/mol. The molecule has 24 heavy (non-hydrogen) atoms. The predicted molar refractivity (Wildman–Crippen MR) is 92.4 cm³/mol. The van der Waals surface area contributed by atoms with E-state index < -0.39 is 0 Å². The number of nitrogens with one attached hydrogen (secondary N) is 1. The molecule has 0 bridgehead atoms. The number of benzene rings is 1. The molecule has 1 aliphatic rings. The van der Waals surface area contributed by atoms with Gasteiger partial charge >= 0.3 is 0 Å². The minimum atomic E-state index is -0.114. The summed E-state index contributed by atoms with van der Waals surface area (Å²) in [6.07, 6.45) is 3.27. The molecule has 0 saturated carbocycles. The van der Waals surface area contributed by atoms with Crippen molar-refractivity contribution in [3.05, 3.63) is 48.5 Å². The molecule has 1 N–H and O–H groups in total. The van der Waals surface area contributed by atoms with Crippen LogP contribution in [0.4, 0.5) is 0 Å². The van der Waals surface area contributed by atoms with Crippen LogP contribution in [-0.4, -0.2) is 58.7 Å². The van der Waals surface area contributed by atoms with Gasteiger partial charge in [0.2, 0.25) is 0 Å². The van der Waals surface area contributed by atoms with E-state index in [1.165, 1.54) is 0 Å². The van der Waals surface area contributed by atoms with E-state index in [2.05, 4.69) is 29.0 Å². The van der Waals surface area contributed by atoms with Gasteiger partial charge in [0.05, 0.1) is 25.7 Å². The Labute approximate surface area is 142 Å². The monoisotopic (exact) mass is 328 g/mol. The number of amides is 1. The highest BCUT2D eigenvalue weighted by atomic mass is 16.5. The van der Waals surface area contributed by atoms with Gasteiger partial charge in [0.15, 0.2) is 0 Å². The highest BCUT2D eigenvalue weighted by Gasteiger charge is 2.29. The lowest BCUT2D eigenvalue weighted by Gasteiger charge is -2.40. The van der Waals surface area contributed by atoms with Gasteiger partial charge in [-0.1, -0.05) is 18.2 Å². The summed E-state index contributed by atoms with van der Waals surface area (Å²) in [5, 5.41) is 3.05. The van der Waals surface area contributed by atoms with Crippen molar-refractivity contribution in [1.82, 2.24) is 19.8 Å². The van der Waals surface area contributed by atoms with E-state index in [1.54, 1.807) is 17.1 Å². The molecule has 0 spiro atoms. The van der Waals surface area contributed by atoms with Crippen LogP contribution in [0.1, 0.15) is 24.3 Å². The molecule has 1 aromatic heterocycles. The second kappa shape index (κ2) is 7.15. The quantitative estimate of drug-likeness (QED) is 0.908. The van der Waals surface area contributed by atoms with Crippen LogP contribution in [0, 0.1) is 0 Å². The second-order valence-electron chi connectivity index (χ2n) is 6.58. The Bertz CT molecular complexity index is 675. The van der Waals surface area contributed by atoms with Crippen molar-refractivity contribution in [3.8, 4) is 5.69 Å². The molecule has 0 unspecified atom stereocenters. The first-order valence-corrected chi connectivity index (χ1v) is 8.27. The van der Waals surface area contributed by atoms with Crippen molar-refractivity contribution >= 4 is 5.91 Å². The predicted octanol–water partition coefficient (Wildman–Crippen LogP) is 1.71. The fraction of sp³-hybridized carbons (Fsp3) is 0.444. The van der Waals surface area contributed by atoms with Crippen molar-refractivity contribution in [1.29, 1.82) is 0 Å². The SMILES string of the molecule is CC(C)(CNC(=O)c1cncn1-c1ccccc1)N1CCOCC1. The third kappa shape index (κ3) is 3.66. The largest absolute Gasteiger partial charge is 0.379 e. The number of ether oxygens (including phenoxy) is 1. The number of aromatic nitrogens is 2. The summed E-state index contributed by atoms with van der Waals surface area (Å²) < 4.78 is 7.21. The Morgan fingerprint density at radius 3 is 2.67 bits per heavy atom. The summed E-state index contributed by atoms with van der Waals surface area (Å²) in [6, 6.07) is 9.74. The van der Waals surface area contributed by atoms with E-state index >= 15 is 0 Å². The molecule has 3 rings (SSSR count). The Morgan fingerprint density at radius 2 is 1.96 bits per heavy atom. The van der Waals surface area contributed by atoms with E-state index in [0.29, 0.717) is 12.2 Å². The topological polar surface area (TPSA) is 59.4 Å². The number of para-hydroxylation sites is 1. The average Bonchev–Trinajstić information content (AvgIpc) is 3.11. The summed E-state index contributed by atoms with van der Waals surface area (Å²) in [6.45, 7) is 8.15. The molecule has 6 heteroatoms. The first-order chi connectivity index (χ1) is 11.6. The lowest BCUT2D eigenvalue weighted by atomic mass is 10.0. The van der Waals surface area contributed by atoms with E-state index in [4.69, 9.17) is 4.74 Å². The Kier molecular flexibility index (Phi) is 4.97. The highest BCUT2D eigenvalue weighted by Crippen LogP contribution is 2.16. The van der Waals surface area contributed by atoms with Crippen LogP contribution >= 0.6 is 0 Å². The van der Waals surface area contributed by atoms with E-state index in [0.717, 1.165) is 32.0 Å². The first-order valence-electron chi connectivity index (χ1n) is 8.27. The zero-order valence-electron chi connectivity index (χ0n) is 14.2. The number of hydrogen-bond donors (Lipinski definition) is 1. The number of carbonyl (C=O) groups is 1. The maximum Gasteiger partial charge on any atom is 0.269 e. The Hall–Kier alpha value is -2.18. The number of nitrogens with zero attached hydrogens (tertiary/aromatic N) is 3. The summed E-state index contributed by atoms with van der Waals surface area (Å²) in [5.74, 6) is -0.113. The minimum Gasteiger partial charge on any atom is -0.379 e. The van der Waals surface area contributed by atoms with Crippen molar-refractivity contribution in [2.75, 3.05) is 32.8 Å². The Balaban J connectivity index is 1.67. The van der Waals surface area contributed by atoms with Crippen molar-refractivity contribution in [3.63, 3.8) is 0 Å². The maximum atomic E-state index is 12.6. The number of morpholine rings is 1. The van der Waals surface area contributed by atoms with Gasteiger partial charge in [0.1, 0.15) is 5.69 Å². The summed E-state index contributed by atoms with van der Waals surface area (Å²) in [4.78, 5) is 19.1. The van der Waals surface area contributed by atoms with E-state index in [1.807, 2.05) is 30.3 Å². The third-order valence-electron chi connectivity index (χ3n) is 4.45. The first kappa shape index (κ1) is 16.7. The zero-order chi connectivity index (χ0) is 17.0. The molecule has 2 aromatic rings. The van der Waals surface area contributed by atoms with Crippen molar-refractivity contribution in [2.45, 2.75) is 19.4 Å². The van der Waals surface area contributed by atoms with E-state index in [9.17, 15) is 4.79 Å². The van der Waals surface area contributed by atoms with Gasteiger partial charge in [0.25, 0.3) is 5.91 Å². The maximum absolute atomic E-state index is 12.6. The van der Waals surface area contributed by atoms with Gasteiger partial charge in [-0.15, -0.1) is 0 Å². The molecule has 6 nitrogen and oxygen atoms in total. The van der Waals surface area contributed by atoms with Crippen LogP contribution in [-0.2, 0) is 4.74 Å². The van der Waals surface area contributed by atoms with Gasteiger partial charge in [-0.25, -0.2) is 4.98 Å². The van der Waals surface area contributed by atoms with Crippen LogP contribution in [0.3, 0.4) is 0 Å². The molecule has 1 aliphatic heterocycles. The molecule has 1 fully saturated rings. The van der Waals surface area contributed by atoms with Gasteiger partial charge in [-0.2, -0.15) is 0 Å². The molecule has 128 valence electrons. The fourth-order valence-corrected chi connectivity index (χ4v) is 2.93. The molecule has 1 amide bonds. The van der Waals surface area contributed by atoms with Crippen LogP contribution in [0.25, 0.3) is 5.69 Å². The fourth-order valence-electron chi connectivity index (χ4n) is 2.93. The third-order valence-corrected chi connectivity index (χ3v) is 4.45. The molecule has 1 saturated heterocycles. The Morgan fingerprint density at radius 1 is 1.25 bits per heavy atom. The van der Waals surface area contributed by atoms with Crippen LogP contribution < -0.4 is 5.32 Å². The zero-order valence-corrected chi connectivity index (χ0v) is 14.2. The van der Waals surface area contributed by atoms with Gasteiger partial charge in [-0.3, -0.25) is 14.3 Å². The van der Waals surface area contributed by atoms with Gasteiger partial charge in [0, 0.05) is 30.9 Å².